The summed E-state index contributed by atoms with van der Waals surface area (Å²) in [6, 6.07) is 9.58. The molecular formula is C21H31N5. The van der Waals surface area contributed by atoms with E-state index >= 15 is 0 Å². The summed E-state index contributed by atoms with van der Waals surface area (Å²) in [5.74, 6) is 1.86. The highest BCUT2D eigenvalue weighted by molar-refractivity contribution is 5.28. The molecule has 0 unspecified atom stereocenters. The maximum absolute atomic E-state index is 4.54. The zero-order valence-corrected chi connectivity index (χ0v) is 16.1. The molecule has 1 saturated carbocycles. The Morgan fingerprint density at radius 2 is 1.65 bits per heavy atom. The van der Waals surface area contributed by atoms with Crippen LogP contribution < -0.4 is 0 Å². The van der Waals surface area contributed by atoms with Gasteiger partial charge in [0.1, 0.15) is 0 Å². The van der Waals surface area contributed by atoms with Crippen molar-refractivity contribution in [2.45, 2.75) is 70.9 Å². The normalized spacial score (nSPS) is 21.8. The van der Waals surface area contributed by atoms with Gasteiger partial charge in [-0.2, -0.15) is 0 Å². The maximum atomic E-state index is 4.54. The fourth-order valence-corrected chi connectivity index (χ4v) is 4.52. The van der Waals surface area contributed by atoms with Gasteiger partial charge in [-0.05, 0) is 67.6 Å². The molecule has 2 fully saturated rings. The number of benzene rings is 1. The van der Waals surface area contributed by atoms with Gasteiger partial charge < -0.3 is 0 Å². The number of nitrogens with zero attached hydrogens (tertiary/aromatic N) is 5. The zero-order valence-electron chi connectivity index (χ0n) is 16.1. The summed E-state index contributed by atoms with van der Waals surface area (Å²) >= 11 is 0. The highest BCUT2D eigenvalue weighted by Gasteiger charge is 2.32. The summed E-state index contributed by atoms with van der Waals surface area (Å²) in [5.41, 5.74) is 2.61. The number of piperidine rings is 1. The third kappa shape index (κ3) is 3.68. The van der Waals surface area contributed by atoms with Crippen molar-refractivity contribution in [3.05, 3.63) is 41.2 Å². The van der Waals surface area contributed by atoms with Crippen molar-refractivity contribution in [1.82, 2.24) is 25.1 Å². The van der Waals surface area contributed by atoms with Crippen molar-refractivity contribution < 1.29 is 0 Å². The lowest BCUT2D eigenvalue weighted by molar-refractivity contribution is 0.146. The van der Waals surface area contributed by atoms with Gasteiger partial charge in [0.25, 0.3) is 0 Å². The van der Waals surface area contributed by atoms with E-state index in [4.69, 9.17) is 0 Å². The third-order valence-electron chi connectivity index (χ3n) is 6.26. The standard InChI is InChI=1S/C21H31N5/c1-16-8-10-18(11-9-16)20(25-14-12-17(2)13-15-25)21-22-23-24-26(21)19-6-4-3-5-7-19/h8-11,17,19-20H,3-7,12-15H2,1-2H3/t20-/m0/s1. The van der Waals surface area contributed by atoms with Gasteiger partial charge in [-0.1, -0.05) is 56.0 Å². The van der Waals surface area contributed by atoms with Gasteiger partial charge in [-0.3, -0.25) is 4.90 Å². The molecule has 1 aliphatic heterocycles. The lowest BCUT2D eigenvalue weighted by atomic mass is 9.93. The summed E-state index contributed by atoms with van der Waals surface area (Å²) in [6.07, 6.45) is 8.85. The van der Waals surface area contributed by atoms with Crippen LogP contribution in [-0.2, 0) is 0 Å². The maximum Gasteiger partial charge on any atom is 0.173 e. The van der Waals surface area contributed by atoms with E-state index in [1.165, 1.54) is 56.1 Å². The Morgan fingerprint density at radius 1 is 0.962 bits per heavy atom. The number of hydrogen-bond acceptors (Lipinski definition) is 4. The molecule has 0 radical (unpaired) electrons. The first kappa shape index (κ1) is 17.7. The van der Waals surface area contributed by atoms with Crippen LogP contribution in [0.5, 0.6) is 0 Å². The number of hydrogen-bond donors (Lipinski definition) is 0. The van der Waals surface area contributed by atoms with E-state index in [1.54, 1.807) is 0 Å². The Kier molecular flexibility index (Phi) is 5.34. The number of likely N-dealkylation sites (tertiary alicyclic amines) is 1. The lowest BCUT2D eigenvalue weighted by Crippen LogP contribution is -2.38. The predicted octanol–water partition coefficient (Wildman–Crippen LogP) is 4.31. The zero-order chi connectivity index (χ0) is 17.9. The topological polar surface area (TPSA) is 46.8 Å². The van der Waals surface area contributed by atoms with Gasteiger partial charge >= 0.3 is 0 Å². The van der Waals surface area contributed by atoms with E-state index in [0.29, 0.717) is 6.04 Å². The summed E-state index contributed by atoms with van der Waals surface area (Å²) in [6.45, 7) is 6.76. The van der Waals surface area contributed by atoms with Crippen LogP contribution >= 0.6 is 0 Å². The predicted molar refractivity (Wildman–Crippen MR) is 103 cm³/mol. The van der Waals surface area contributed by atoms with Crippen LogP contribution in [0.3, 0.4) is 0 Å². The summed E-state index contributed by atoms with van der Waals surface area (Å²) in [7, 11) is 0. The second-order valence-corrected chi connectivity index (χ2v) is 8.31. The fraction of sp³-hybridized carbons (Fsp3) is 0.667. The van der Waals surface area contributed by atoms with Crippen LogP contribution in [0.1, 0.15) is 80.9 Å². The van der Waals surface area contributed by atoms with Gasteiger partial charge in [-0.25, -0.2) is 4.68 Å². The molecule has 0 bridgehead atoms. The Hall–Kier alpha value is -1.75. The van der Waals surface area contributed by atoms with E-state index in [2.05, 4.69) is 63.2 Å². The van der Waals surface area contributed by atoms with E-state index in [0.717, 1.165) is 24.8 Å². The Bertz CT molecular complexity index is 693. The Balaban J connectivity index is 1.69. The largest absolute Gasteiger partial charge is 0.290 e. The molecule has 1 saturated heterocycles. The Morgan fingerprint density at radius 3 is 2.35 bits per heavy atom. The van der Waals surface area contributed by atoms with Crippen LogP contribution in [0.4, 0.5) is 0 Å². The van der Waals surface area contributed by atoms with Crippen molar-refractivity contribution in [3.8, 4) is 0 Å². The second kappa shape index (κ2) is 7.87. The molecule has 0 spiro atoms. The third-order valence-corrected chi connectivity index (χ3v) is 6.26. The molecule has 2 aliphatic rings. The van der Waals surface area contributed by atoms with Crippen LogP contribution in [-0.4, -0.2) is 38.2 Å². The molecular weight excluding hydrogens is 322 g/mol. The average molecular weight is 354 g/mol. The smallest absolute Gasteiger partial charge is 0.173 e. The molecule has 5 nitrogen and oxygen atoms in total. The molecule has 1 aromatic carbocycles. The van der Waals surface area contributed by atoms with Gasteiger partial charge in [0.15, 0.2) is 5.82 Å². The van der Waals surface area contributed by atoms with Crippen LogP contribution in [0, 0.1) is 12.8 Å². The molecule has 1 aliphatic carbocycles. The molecule has 1 atom stereocenters. The van der Waals surface area contributed by atoms with E-state index in [9.17, 15) is 0 Å². The Labute approximate surface area is 156 Å². The molecule has 2 aromatic rings. The molecule has 140 valence electrons. The molecule has 0 amide bonds. The highest BCUT2D eigenvalue weighted by Crippen LogP contribution is 2.35. The van der Waals surface area contributed by atoms with E-state index in [1.807, 2.05) is 0 Å². The van der Waals surface area contributed by atoms with E-state index < -0.39 is 0 Å². The second-order valence-electron chi connectivity index (χ2n) is 8.31. The highest BCUT2D eigenvalue weighted by atomic mass is 15.6. The summed E-state index contributed by atoms with van der Waals surface area (Å²) < 4.78 is 2.15. The van der Waals surface area contributed by atoms with Crippen LogP contribution in [0.2, 0.25) is 0 Å². The van der Waals surface area contributed by atoms with Crippen LogP contribution in [0.15, 0.2) is 24.3 Å². The first-order valence-corrected chi connectivity index (χ1v) is 10.3. The quantitative estimate of drug-likeness (QED) is 0.822. The minimum Gasteiger partial charge on any atom is -0.290 e. The average Bonchev–Trinajstić information content (AvgIpc) is 3.15. The number of tetrazole rings is 1. The molecule has 0 N–H and O–H groups in total. The number of aromatic nitrogens is 4. The minimum absolute atomic E-state index is 0.167. The van der Waals surface area contributed by atoms with Crippen molar-refractivity contribution in [1.29, 1.82) is 0 Å². The molecule has 4 rings (SSSR count). The van der Waals surface area contributed by atoms with Gasteiger partial charge in [-0.15, -0.1) is 5.10 Å². The van der Waals surface area contributed by atoms with Crippen LogP contribution in [0.25, 0.3) is 0 Å². The van der Waals surface area contributed by atoms with Gasteiger partial charge in [0, 0.05) is 0 Å². The van der Waals surface area contributed by atoms with Crippen molar-refractivity contribution in [3.63, 3.8) is 0 Å². The first-order valence-electron chi connectivity index (χ1n) is 10.3. The fourth-order valence-electron chi connectivity index (χ4n) is 4.52. The number of aryl methyl sites for hydroxylation is 1. The molecule has 26 heavy (non-hydrogen) atoms. The van der Waals surface area contributed by atoms with Crippen molar-refractivity contribution >= 4 is 0 Å². The molecule has 1 aromatic heterocycles. The minimum atomic E-state index is 0.167. The van der Waals surface area contributed by atoms with Gasteiger partial charge in [0.05, 0.1) is 12.1 Å². The summed E-state index contributed by atoms with van der Waals surface area (Å²) in [4.78, 5) is 2.59. The van der Waals surface area contributed by atoms with E-state index in [-0.39, 0.29) is 6.04 Å². The SMILES string of the molecule is Cc1ccc([C@@H](c2nnnn2C2CCCCC2)N2CCC(C)CC2)cc1. The lowest BCUT2D eigenvalue weighted by Gasteiger charge is -2.37. The van der Waals surface area contributed by atoms with Crippen molar-refractivity contribution in [2.75, 3.05) is 13.1 Å². The number of rotatable bonds is 4. The van der Waals surface area contributed by atoms with Gasteiger partial charge in [0.2, 0.25) is 0 Å². The van der Waals surface area contributed by atoms with Crippen molar-refractivity contribution in [2.24, 2.45) is 5.92 Å². The molecule has 5 heteroatoms. The monoisotopic (exact) mass is 353 g/mol. The summed E-state index contributed by atoms with van der Waals surface area (Å²) in [5, 5.41) is 13.1. The first-order chi connectivity index (χ1) is 12.7. The molecule has 2 heterocycles.